The lowest BCUT2D eigenvalue weighted by Crippen LogP contribution is -2.14. The van der Waals surface area contributed by atoms with Crippen molar-refractivity contribution in [1.82, 2.24) is 0 Å². The fourth-order valence-electron chi connectivity index (χ4n) is 1.43. The van der Waals surface area contributed by atoms with Gasteiger partial charge in [-0.2, -0.15) is 0 Å². The van der Waals surface area contributed by atoms with Crippen molar-refractivity contribution in [2.45, 2.75) is 13.3 Å². The van der Waals surface area contributed by atoms with E-state index in [0.29, 0.717) is 23.4 Å². The van der Waals surface area contributed by atoms with Crippen LogP contribution in [0.2, 0.25) is 0 Å². The Bertz CT molecular complexity index is 361. The predicted molar refractivity (Wildman–Crippen MR) is 55.3 cm³/mol. The third-order valence-electron chi connectivity index (χ3n) is 2.12. The lowest BCUT2D eigenvalue weighted by molar-refractivity contribution is 0.0997. The van der Waals surface area contributed by atoms with Gasteiger partial charge in [0.05, 0.1) is 12.7 Å². The maximum absolute atomic E-state index is 11.1. The van der Waals surface area contributed by atoms with Crippen LogP contribution in [0.4, 0.5) is 5.69 Å². The quantitative estimate of drug-likeness (QED) is 0.703. The minimum absolute atomic E-state index is 0.374. The van der Waals surface area contributed by atoms with Crippen LogP contribution in [-0.4, -0.2) is 13.0 Å². The average Bonchev–Trinajstić information content (AvgIpc) is 2.16. The van der Waals surface area contributed by atoms with Gasteiger partial charge in [-0.3, -0.25) is 4.79 Å². The highest BCUT2D eigenvalue weighted by Crippen LogP contribution is 2.28. The van der Waals surface area contributed by atoms with Gasteiger partial charge in [0.25, 0.3) is 5.91 Å². The zero-order valence-electron chi connectivity index (χ0n) is 8.33. The molecule has 0 radical (unpaired) electrons. The number of hydrogen-bond donors (Lipinski definition) is 2. The monoisotopic (exact) mass is 194 g/mol. The van der Waals surface area contributed by atoms with Crippen LogP contribution in [0.5, 0.6) is 5.75 Å². The van der Waals surface area contributed by atoms with Gasteiger partial charge in [0, 0.05) is 11.3 Å². The molecule has 14 heavy (non-hydrogen) atoms. The Balaban J connectivity index is 3.40. The van der Waals surface area contributed by atoms with Crippen LogP contribution in [0.3, 0.4) is 0 Å². The molecule has 0 heterocycles. The average molecular weight is 194 g/mol. The number of hydrogen-bond acceptors (Lipinski definition) is 3. The number of ether oxygens (including phenoxy) is 1. The van der Waals surface area contributed by atoms with Crippen LogP contribution in [-0.2, 0) is 6.42 Å². The maximum atomic E-state index is 11.1. The van der Waals surface area contributed by atoms with Gasteiger partial charge in [0.2, 0.25) is 0 Å². The molecule has 4 N–H and O–H groups in total. The highest BCUT2D eigenvalue weighted by Gasteiger charge is 2.14. The normalized spacial score (nSPS) is 9.86. The summed E-state index contributed by atoms with van der Waals surface area (Å²) in [6.45, 7) is 1.94. The van der Waals surface area contributed by atoms with Crippen molar-refractivity contribution in [3.63, 3.8) is 0 Å². The molecule has 0 bridgehead atoms. The maximum Gasteiger partial charge on any atom is 0.252 e. The largest absolute Gasteiger partial charge is 0.496 e. The van der Waals surface area contributed by atoms with Gasteiger partial charge >= 0.3 is 0 Å². The molecule has 1 aromatic carbocycles. The summed E-state index contributed by atoms with van der Waals surface area (Å²) in [5.74, 6) is -0.0171. The van der Waals surface area contributed by atoms with Gasteiger partial charge in [0.15, 0.2) is 0 Å². The smallest absolute Gasteiger partial charge is 0.252 e. The molecule has 1 aromatic rings. The standard InChI is InChI=1S/C10H14N2O2/c1-3-6-8(11)5-4-7(10(12)13)9(6)14-2/h4-5H,3,11H2,1-2H3,(H2,12,13). The van der Waals surface area contributed by atoms with Crippen LogP contribution in [0.15, 0.2) is 12.1 Å². The summed E-state index contributed by atoms with van der Waals surface area (Å²) in [5.41, 5.74) is 12.8. The minimum atomic E-state index is -0.503. The Morgan fingerprint density at radius 2 is 2.14 bits per heavy atom. The molecule has 0 aromatic heterocycles. The summed E-state index contributed by atoms with van der Waals surface area (Å²) in [5, 5.41) is 0. The second-order valence-electron chi connectivity index (χ2n) is 2.93. The number of nitrogen functional groups attached to an aromatic ring is 1. The molecule has 0 spiro atoms. The Labute approximate surface area is 82.8 Å². The first kappa shape index (κ1) is 10.4. The molecule has 0 aliphatic heterocycles. The van der Waals surface area contributed by atoms with E-state index in [-0.39, 0.29) is 0 Å². The molecular formula is C10H14N2O2. The first-order chi connectivity index (χ1) is 6.61. The molecular weight excluding hydrogens is 180 g/mol. The van der Waals surface area contributed by atoms with E-state index in [1.54, 1.807) is 12.1 Å². The SMILES string of the molecule is CCc1c(N)ccc(C(N)=O)c1OC. The van der Waals surface area contributed by atoms with Gasteiger partial charge in [-0.25, -0.2) is 0 Å². The Morgan fingerprint density at radius 1 is 1.50 bits per heavy atom. The molecule has 0 atom stereocenters. The van der Waals surface area contributed by atoms with E-state index in [9.17, 15) is 4.79 Å². The van der Waals surface area contributed by atoms with Crippen LogP contribution in [0.25, 0.3) is 0 Å². The van der Waals surface area contributed by atoms with Crippen LogP contribution in [0.1, 0.15) is 22.8 Å². The summed E-state index contributed by atoms with van der Waals surface area (Å²) in [7, 11) is 1.50. The molecule has 0 saturated carbocycles. The number of methoxy groups -OCH3 is 1. The van der Waals surface area contributed by atoms with Crippen LogP contribution < -0.4 is 16.2 Å². The summed E-state index contributed by atoms with van der Waals surface area (Å²) in [6, 6.07) is 3.25. The molecule has 0 fully saturated rings. The fourth-order valence-corrected chi connectivity index (χ4v) is 1.43. The van der Waals surface area contributed by atoms with E-state index < -0.39 is 5.91 Å². The van der Waals surface area contributed by atoms with E-state index in [4.69, 9.17) is 16.2 Å². The van der Waals surface area contributed by atoms with Crippen molar-refractivity contribution in [1.29, 1.82) is 0 Å². The zero-order chi connectivity index (χ0) is 10.7. The molecule has 0 aliphatic carbocycles. The van der Waals surface area contributed by atoms with Crippen molar-refractivity contribution in [3.8, 4) is 5.75 Å². The van der Waals surface area contributed by atoms with Crippen LogP contribution >= 0.6 is 0 Å². The highest BCUT2D eigenvalue weighted by atomic mass is 16.5. The van der Waals surface area contributed by atoms with E-state index in [1.807, 2.05) is 6.92 Å². The lowest BCUT2D eigenvalue weighted by Gasteiger charge is -2.12. The van der Waals surface area contributed by atoms with Gasteiger partial charge in [-0.15, -0.1) is 0 Å². The number of primary amides is 1. The summed E-state index contributed by atoms with van der Waals surface area (Å²) >= 11 is 0. The zero-order valence-corrected chi connectivity index (χ0v) is 8.33. The van der Waals surface area contributed by atoms with Gasteiger partial charge < -0.3 is 16.2 Å². The number of carbonyl (C=O) groups excluding carboxylic acids is 1. The van der Waals surface area contributed by atoms with E-state index in [1.165, 1.54) is 7.11 Å². The Kier molecular flexibility index (Phi) is 2.96. The fraction of sp³-hybridized carbons (Fsp3) is 0.300. The van der Waals surface area contributed by atoms with E-state index >= 15 is 0 Å². The minimum Gasteiger partial charge on any atom is -0.496 e. The number of carbonyl (C=O) groups is 1. The highest BCUT2D eigenvalue weighted by molar-refractivity contribution is 5.96. The second kappa shape index (κ2) is 4.00. The molecule has 76 valence electrons. The van der Waals surface area contributed by atoms with E-state index in [0.717, 1.165) is 5.56 Å². The van der Waals surface area contributed by atoms with Gasteiger partial charge in [-0.1, -0.05) is 6.92 Å². The topological polar surface area (TPSA) is 78.3 Å². The molecule has 0 unspecified atom stereocenters. The van der Waals surface area contributed by atoms with Crippen molar-refractivity contribution in [2.75, 3.05) is 12.8 Å². The first-order valence-electron chi connectivity index (χ1n) is 4.37. The van der Waals surface area contributed by atoms with E-state index in [2.05, 4.69) is 0 Å². The first-order valence-corrected chi connectivity index (χ1v) is 4.37. The van der Waals surface area contributed by atoms with Crippen molar-refractivity contribution in [3.05, 3.63) is 23.3 Å². The number of nitrogens with two attached hydrogens (primary N) is 2. The van der Waals surface area contributed by atoms with Crippen molar-refractivity contribution >= 4 is 11.6 Å². The second-order valence-corrected chi connectivity index (χ2v) is 2.93. The number of benzene rings is 1. The number of anilines is 1. The summed E-state index contributed by atoms with van der Waals surface area (Å²) in [6.07, 6.45) is 0.704. The van der Waals surface area contributed by atoms with Crippen molar-refractivity contribution < 1.29 is 9.53 Å². The Hall–Kier alpha value is -1.71. The molecule has 1 amide bonds. The molecule has 0 aliphatic rings. The molecule has 4 nitrogen and oxygen atoms in total. The Morgan fingerprint density at radius 3 is 2.57 bits per heavy atom. The third kappa shape index (κ3) is 1.64. The van der Waals surface area contributed by atoms with Gasteiger partial charge in [0.1, 0.15) is 5.75 Å². The molecule has 0 saturated heterocycles. The summed E-state index contributed by atoms with van der Waals surface area (Å²) < 4.78 is 5.13. The van der Waals surface area contributed by atoms with Gasteiger partial charge in [-0.05, 0) is 18.6 Å². The number of rotatable bonds is 3. The third-order valence-corrected chi connectivity index (χ3v) is 2.12. The number of amides is 1. The lowest BCUT2D eigenvalue weighted by atomic mass is 10.0. The predicted octanol–water partition coefficient (Wildman–Crippen LogP) is 0.939. The molecule has 4 heteroatoms. The molecule has 1 rings (SSSR count). The van der Waals surface area contributed by atoms with Crippen LogP contribution in [0, 0.1) is 0 Å². The summed E-state index contributed by atoms with van der Waals surface area (Å²) in [4.78, 5) is 11.1. The van der Waals surface area contributed by atoms with Crippen molar-refractivity contribution in [2.24, 2.45) is 5.73 Å².